The lowest BCUT2D eigenvalue weighted by atomic mass is 10.1. The summed E-state index contributed by atoms with van der Waals surface area (Å²) < 4.78 is 26.7. The molecule has 1 atom stereocenters. The maximum Gasteiger partial charge on any atom is 0.253 e. The Morgan fingerprint density at radius 2 is 1.92 bits per heavy atom. The number of pyridine rings is 1. The molecule has 0 saturated carbocycles. The van der Waals surface area contributed by atoms with Crippen LogP contribution >= 0.6 is 0 Å². The van der Waals surface area contributed by atoms with Gasteiger partial charge in [-0.05, 0) is 39.0 Å². The van der Waals surface area contributed by atoms with Gasteiger partial charge in [0.15, 0.2) is 0 Å². The number of hydrogen-bond donors (Lipinski definition) is 1. The van der Waals surface area contributed by atoms with Crippen LogP contribution in [-0.2, 0) is 0 Å². The number of hydrogen-bond acceptors (Lipinski definition) is 3. The Morgan fingerprint density at radius 1 is 1.21 bits per heavy atom. The van der Waals surface area contributed by atoms with Crippen molar-refractivity contribution in [2.45, 2.75) is 26.8 Å². The summed E-state index contributed by atoms with van der Waals surface area (Å²) in [6.45, 7) is 7.37. The van der Waals surface area contributed by atoms with Crippen LogP contribution in [0.15, 0.2) is 36.5 Å². The van der Waals surface area contributed by atoms with Crippen LogP contribution in [0.25, 0.3) is 0 Å². The van der Waals surface area contributed by atoms with E-state index in [1.165, 1.54) is 18.3 Å². The number of carbonyl (C=O) groups is 1. The van der Waals surface area contributed by atoms with E-state index in [9.17, 15) is 13.6 Å². The molecular weight excluding hydrogens is 312 g/mol. The van der Waals surface area contributed by atoms with E-state index in [1.54, 1.807) is 19.1 Å². The molecule has 1 aromatic carbocycles. The second kappa shape index (κ2) is 7.86. The zero-order chi connectivity index (χ0) is 17.7. The van der Waals surface area contributed by atoms with Gasteiger partial charge in [0, 0.05) is 30.9 Å². The van der Waals surface area contributed by atoms with Crippen molar-refractivity contribution in [1.29, 1.82) is 0 Å². The second-order valence-corrected chi connectivity index (χ2v) is 5.44. The molecule has 1 amide bonds. The lowest BCUT2D eigenvalue weighted by molar-refractivity contribution is 0.0939. The Hall–Kier alpha value is -2.50. The highest BCUT2D eigenvalue weighted by Gasteiger charge is 2.16. The Labute approximate surface area is 140 Å². The van der Waals surface area contributed by atoms with Gasteiger partial charge in [-0.2, -0.15) is 0 Å². The van der Waals surface area contributed by atoms with Crippen molar-refractivity contribution >= 4 is 11.7 Å². The van der Waals surface area contributed by atoms with Crippen molar-refractivity contribution in [3.8, 4) is 0 Å². The van der Waals surface area contributed by atoms with Crippen molar-refractivity contribution in [3.05, 3.63) is 59.3 Å². The molecule has 4 nitrogen and oxygen atoms in total. The fourth-order valence-corrected chi connectivity index (χ4v) is 2.47. The number of aromatic nitrogens is 1. The Bertz CT molecular complexity index is 700. The monoisotopic (exact) mass is 333 g/mol. The molecule has 128 valence electrons. The lowest BCUT2D eigenvalue weighted by Gasteiger charge is -2.20. The van der Waals surface area contributed by atoms with E-state index in [1.807, 2.05) is 13.8 Å². The van der Waals surface area contributed by atoms with Crippen molar-refractivity contribution < 1.29 is 13.6 Å². The molecule has 0 spiro atoms. The molecule has 0 radical (unpaired) electrons. The van der Waals surface area contributed by atoms with E-state index in [-0.39, 0.29) is 11.5 Å². The van der Waals surface area contributed by atoms with E-state index < -0.39 is 17.7 Å². The number of benzene rings is 1. The molecule has 0 aliphatic carbocycles. The van der Waals surface area contributed by atoms with E-state index in [2.05, 4.69) is 15.2 Å². The quantitative estimate of drug-likeness (QED) is 0.877. The Balaban J connectivity index is 2.09. The third kappa shape index (κ3) is 4.07. The van der Waals surface area contributed by atoms with Crippen LogP contribution in [0.5, 0.6) is 0 Å². The summed E-state index contributed by atoms with van der Waals surface area (Å²) >= 11 is 0. The van der Waals surface area contributed by atoms with Crippen LogP contribution in [-0.4, -0.2) is 24.0 Å². The standard InChI is InChI=1S/C18H21F2N3O/c1-4-23(5-2)17-9-6-13(11-21-17)18(24)22-12(3)15-8-7-14(19)10-16(15)20/h6-12H,4-5H2,1-3H3,(H,22,24). The molecule has 1 unspecified atom stereocenters. The fraction of sp³-hybridized carbons (Fsp3) is 0.333. The predicted molar refractivity (Wildman–Crippen MR) is 90.0 cm³/mol. The van der Waals surface area contributed by atoms with Gasteiger partial charge in [0.1, 0.15) is 17.5 Å². The SMILES string of the molecule is CCN(CC)c1ccc(C(=O)NC(C)c2ccc(F)cc2F)cn1. The molecular formula is C18H21F2N3O. The van der Waals surface area contributed by atoms with E-state index in [0.717, 1.165) is 25.0 Å². The lowest BCUT2D eigenvalue weighted by Crippen LogP contribution is -2.28. The van der Waals surface area contributed by atoms with Crippen LogP contribution in [0.2, 0.25) is 0 Å². The molecule has 6 heteroatoms. The topological polar surface area (TPSA) is 45.2 Å². The van der Waals surface area contributed by atoms with Gasteiger partial charge in [-0.1, -0.05) is 6.07 Å². The number of anilines is 1. The van der Waals surface area contributed by atoms with Gasteiger partial charge in [0.05, 0.1) is 11.6 Å². The van der Waals surface area contributed by atoms with Crippen LogP contribution < -0.4 is 10.2 Å². The summed E-state index contributed by atoms with van der Waals surface area (Å²) in [5, 5.41) is 2.69. The van der Waals surface area contributed by atoms with E-state index in [0.29, 0.717) is 5.56 Å². The summed E-state index contributed by atoms with van der Waals surface area (Å²) in [6.07, 6.45) is 1.50. The minimum atomic E-state index is -0.683. The van der Waals surface area contributed by atoms with Gasteiger partial charge in [-0.25, -0.2) is 13.8 Å². The number of amides is 1. The molecule has 24 heavy (non-hydrogen) atoms. The number of carbonyl (C=O) groups excluding carboxylic acids is 1. The van der Waals surface area contributed by atoms with Crippen molar-refractivity contribution in [2.24, 2.45) is 0 Å². The third-order valence-electron chi connectivity index (χ3n) is 3.87. The second-order valence-electron chi connectivity index (χ2n) is 5.44. The van der Waals surface area contributed by atoms with Crippen LogP contribution in [0.3, 0.4) is 0 Å². The first kappa shape index (κ1) is 17.8. The van der Waals surface area contributed by atoms with Gasteiger partial charge < -0.3 is 10.2 Å². The van der Waals surface area contributed by atoms with Gasteiger partial charge in [0.25, 0.3) is 5.91 Å². The zero-order valence-electron chi connectivity index (χ0n) is 14.0. The number of nitrogens with zero attached hydrogens (tertiary/aromatic N) is 2. The summed E-state index contributed by atoms with van der Waals surface area (Å²) in [4.78, 5) is 18.6. The van der Waals surface area contributed by atoms with Crippen molar-refractivity contribution in [1.82, 2.24) is 10.3 Å². The molecule has 0 saturated heterocycles. The Morgan fingerprint density at radius 3 is 2.46 bits per heavy atom. The average Bonchev–Trinajstić information content (AvgIpc) is 2.56. The summed E-state index contributed by atoms with van der Waals surface area (Å²) in [5.74, 6) is -0.886. The zero-order valence-corrected chi connectivity index (χ0v) is 14.0. The number of halogens is 2. The minimum absolute atomic E-state index is 0.234. The molecule has 1 aromatic heterocycles. The summed E-state index contributed by atoms with van der Waals surface area (Å²) in [5.41, 5.74) is 0.623. The highest BCUT2D eigenvalue weighted by Crippen LogP contribution is 2.18. The minimum Gasteiger partial charge on any atom is -0.357 e. The molecule has 0 fully saturated rings. The first-order valence-electron chi connectivity index (χ1n) is 7.93. The average molecular weight is 333 g/mol. The summed E-state index contributed by atoms with van der Waals surface area (Å²) in [6, 6.07) is 6.19. The van der Waals surface area contributed by atoms with E-state index >= 15 is 0 Å². The molecule has 1 heterocycles. The first-order chi connectivity index (χ1) is 11.5. The summed E-state index contributed by atoms with van der Waals surface area (Å²) in [7, 11) is 0. The van der Waals surface area contributed by atoms with Gasteiger partial charge >= 0.3 is 0 Å². The predicted octanol–water partition coefficient (Wildman–Crippen LogP) is 3.70. The van der Waals surface area contributed by atoms with Crippen LogP contribution in [0, 0.1) is 11.6 Å². The number of nitrogens with one attached hydrogen (secondary N) is 1. The smallest absolute Gasteiger partial charge is 0.253 e. The molecule has 2 rings (SSSR count). The number of rotatable bonds is 6. The van der Waals surface area contributed by atoms with Crippen molar-refractivity contribution in [3.63, 3.8) is 0 Å². The van der Waals surface area contributed by atoms with Gasteiger partial charge in [-0.3, -0.25) is 4.79 Å². The van der Waals surface area contributed by atoms with Crippen LogP contribution in [0.4, 0.5) is 14.6 Å². The Kier molecular flexibility index (Phi) is 5.84. The maximum absolute atomic E-state index is 13.8. The van der Waals surface area contributed by atoms with Crippen LogP contribution in [0.1, 0.15) is 42.7 Å². The molecule has 2 aromatic rings. The maximum atomic E-state index is 13.8. The van der Waals surface area contributed by atoms with Gasteiger partial charge in [-0.15, -0.1) is 0 Å². The molecule has 0 aliphatic rings. The van der Waals surface area contributed by atoms with E-state index in [4.69, 9.17) is 0 Å². The van der Waals surface area contributed by atoms with Crippen molar-refractivity contribution in [2.75, 3.05) is 18.0 Å². The fourth-order valence-electron chi connectivity index (χ4n) is 2.47. The largest absolute Gasteiger partial charge is 0.357 e. The first-order valence-corrected chi connectivity index (χ1v) is 7.93. The van der Waals surface area contributed by atoms with Gasteiger partial charge in [0.2, 0.25) is 0 Å². The highest BCUT2D eigenvalue weighted by molar-refractivity contribution is 5.94. The highest BCUT2D eigenvalue weighted by atomic mass is 19.1. The molecule has 0 aliphatic heterocycles. The molecule has 1 N–H and O–H groups in total. The molecule has 0 bridgehead atoms. The normalized spacial score (nSPS) is 11.9. The third-order valence-corrected chi connectivity index (χ3v) is 3.87.